The van der Waals surface area contributed by atoms with Gasteiger partial charge in [0.15, 0.2) is 17.1 Å². The number of fused-ring (bicyclic) bond motifs is 1. The summed E-state index contributed by atoms with van der Waals surface area (Å²) in [5.74, 6) is 1.44. The Labute approximate surface area is 150 Å². The van der Waals surface area contributed by atoms with Gasteiger partial charge in [-0.25, -0.2) is 9.50 Å². The number of nitrogens with zero attached hydrogens (tertiary/aromatic N) is 3. The molecule has 0 atom stereocenters. The lowest BCUT2D eigenvalue weighted by Gasteiger charge is -2.10. The molecule has 0 spiro atoms. The Hall–Kier alpha value is -3.29. The number of ether oxygens (including phenoxy) is 3. The maximum Gasteiger partial charge on any atom is 0.271 e. The Morgan fingerprint density at radius 2 is 1.96 bits per heavy atom. The molecule has 136 valence electrons. The molecule has 0 aliphatic rings. The number of aromatic nitrogens is 3. The first-order valence-electron chi connectivity index (χ1n) is 8.13. The van der Waals surface area contributed by atoms with Crippen LogP contribution >= 0.6 is 0 Å². The third-order valence-corrected chi connectivity index (χ3v) is 3.72. The van der Waals surface area contributed by atoms with Crippen LogP contribution in [0.5, 0.6) is 17.4 Å². The Bertz CT molecular complexity index is 923. The van der Waals surface area contributed by atoms with E-state index in [1.54, 1.807) is 38.6 Å². The molecule has 1 aromatic carbocycles. The Morgan fingerprint density at radius 1 is 1.15 bits per heavy atom. The van der Waals surface area contributed by atoms with Gasteiger partial charge in [0.2, 0.25) is 5.88 Å². The van der Waals surface area contributed by atoms with Gasteiger partial charge >= 0.3 is 0 Å². The zero-order valence-electron chi connectivity index (χ0n) is 14.9. The van der Waals surface area contributed by atoms with Crippen molar-refractivity contribution in [3.63, 3.8) is 0 Å². The summed E-state index contributed by atoms with van der Waals surface area (Å²) in [4.78, 5) is 16.6. The van der Waals surface area contributed by atoms with E-state index in [2.05, 4.69) is 15.4 Å². The van der Waals surface area contributed by atoms with Crippen LogP contribution in [0.1, 0.15) is 23.0 Å². The molecule has 0 saturated carbocycles. The molecule has 0 aliphatic heterocycles. The van der Waals surface area contributed by atoms with Crippen LogP contribution in [-0.2, 0) is 6.54 Å². The predicted octanol–water partition coefficient (Wildman–Crippen LogP) is 2.08. The van der Waals surface area contributed by atoms with E-state index in [1.807, 2.05) is 19.1 Å². The molecule has 3 aromatic rings. The van der Waals surface area contributed by atoms with E-state index < -0.39 is 0 Å². The van der Waals surface area contributed by atoms with Crippen molar-refractivity contribution in [1.29, 1.82) is 0 Å². The summed E-state index contributed by atoms with van der Waals surface area (Å²) in [6.07, 6.45) is 1.57. The molecule has 0 bridgehead atoms. The zero-order chi connectivity index (χ0) is 18.5. The van der Waals surface area contributed by atoms with E-state index in [4.69, 9.17) is 14.2 Å². The fourth-order valence-electron chi connectivity index (χ4n) is 2.46. The summed E-state index contributed by atoms with van der Waals surface area (Å²) < 4.78 is 17.3. The molecule has 2 heterocycles. The molecule has 0 unspecified atom stereocenters. The quantitative estimate of drug-likeness (QED) is 0.697. The summed E-state index contributed by atoms with van der Waals surface area (Å²) >= 11 is 0. The maximum absolute atomic E-state index is 12.4. The zero-order valence-corrected chi connectivity index (χ0v) is 14.9. The standard InChI is InChI=1S/C18H20N4O4/c1-4-26-17-8-7-16-20-13(11-22(16)21-17)18(23)19-10-12-5-6-14(24-2)15(9-12)25-3/h5-9,11H,4,10H2,1-3H3,(H,19,23). The van der Waals surface area contributed by atoms with Gasteiger partial charge in [0.1, 0.15) is 5.69 Å². The first-order valence-corrected chi connectivity index (χ1v) is 8.13. The number of imidazole rings is 1. The Balaban J connectivity index is 1.71. The monoisotopic (exact) mass is 356 g/mol. The van der Waals surface area contributed by atoms with Gasteiger partial charge in [0.05, 0.1) is 27.0 Å². The van der Waals surface area contributed by atoms with Gasteiger partial charge in [-0.15, -0.1) is 5.10 Å². The van der Waals surface area contributed by atoms with Crippen molar-refractivity contribution in [3.05, 3.63) is 47.8 Å². The van der Waals surface area contributed by atoms with Crippen LogP contribution in [0.2, 0.25) is 0 Å². The summed E-state index contributed by atoms with van der Waals surface area (Å²) in [5, 5.41) is 7.08. The van der Waals surface area contributed by atoms with Crippen molar-refractivity contribution >= 4 is 11.6 Å². The number of carbonyl (C=O) groups is 1. The van der Waals surface area contributed by atoms with Crippen LogP contribution in [0.3, 0.4) is 0 Å². The number of hydrogen-bond acceptors (Lipinski definition) is 6. The van der Waals surface area contributed by atoms with Gasteiger partial charge in [-0.2, -0.15) is 0 Å². The average Bonchev–Trinajstić information content (AvgIpc) is 3.09. The molecule has 26 heavy (non-hydrogen) atoms. The van der Waals surface area contributed by atoms with Crippen LogP contribution in [0.25, 0.3) is 5.65 Å². The van der Waals surface area contributed by atoms with Gasteiger partial charge < -0.3 is 19.5 Å². The summed E-state index contributed by atoms with van der Waals surface area (Å²) in [6, 6.07) is 8.95. The van der Waals surface area contributed by atoms with E-state index in [1.165, 1.54) is 4.52 Å². The van der Waals surface area contributed by atoms with Crippen molar-refractivity contribution in [2.45, 2.75) is 13.5 Å². The van der Waals surface area contributed by atoms with Crippen LogP contribution < -0.4 is 19.5 Å². The number of benzene rings is 1. The minimum absolute atomic E-state index is 0.284. The Kier molecular flexibility index (Phi) is 5.21. The first kappa shape index (κ1) is 17.5. The molecule has 1 amide bonds. The number of rotatable bonds is 7. The lowest BCUT2D eigenvalue weighted by Crippen LogP contribution is -2.23. The van der Waals surface area contributed by atoms with E-state index in [-0.39, 0.29) is 11.6 Å². The molecule has 8 nitrogen and oxygen atoms in total. The van der Waals surface area contributed by atoms with Crippen molar-refractivity contribution in [2.75, 3.05) is 20.8 Å². The first-order chi connectivity index (χ1) is 12.6. The van der Waals surface area contributed by atoms with Gasteiger partial charge in [-0.05, 0) is 30.7 Å². The summed E-state index contributed by atoms with van der Waals surface area (Å²) in [5.41, 5.74) is 1.74. The highest BCUT2D eigenvalue weighted by molar-refractivity contribution is 5.92. The predicted molar refractivity (Wildman–Crippen MR) is 94.9 cm³/mol. The van der Waals surface area contributed by atoms with Crippen LogP contribution in [-0.4, -0.2) is 41.3 Å². The number of carbonyl (C=O) groups excluding carboxylic acids is 1. The lowest BCUT2D eigenvalue weighted by atomic mass is 10.2. The molecular weight excluding hydrogens is 336 g/mol. The fraction of sp³-hybridized carbons (Fsp3) is 0.278. The molecular formula is C18H20N4O4. The van der Waals surface area contributed by atoms with E-state index >= 15 is 0 Å². The normalized spacial score (nSPS) is 10.6. The van der Waals surface area contributed by atoms with Crippen LogP contribution in [0, 0.1) is 0 Å². The summed E-state index contributed by atoms with van der Waals surface area (Å²) in [7, 11) is 3.15. The van der Waals surface area contributed by atoms with Crippen LogP contribution in [0.4, 0.5) is 0 Å². The lowest BCUT2D eigenvalue weighted by molar-refractivity contribution is 0.0946. The molecule has 3 rings (SSSR count). The third-order valence-electron chi connectivity index (χ3n) is 3.72. The van der Waals surface area contributed by atoms with Crippen molar-refractivity contribution in [3.8, 4) is 17.4 Å². The highest BCUT2D eigenvalue weighted by Crippen LogP contribution is 2.27. The van der Waals surface area contributed by atoms with E-state index in [0.29, 0.717) is 36.2 Å². The smallest absolute Gasteiger partial charge is 0.271 e. The van der Waals surface area contributed by atoms with E-state index in [0.717, 1.165) is 5.56 Å². The molecule has 1 N–H and O–H groups in total. The number of methoxy groups -OCH3 is 2. The van der Waals surface area contributed by atoms with Gasteiger partial charge in [0.25, 0.3) is 5.91 Å². The van der Waals surface area contributed by atoms with Crippen molar-refractivity contribution < 1.29 is 19.0 Å². The number of hydrogen-bond donors (Lipinski definition) is 1. The maximum atomic E-state index is 12.4. The minimum atomic E-state index is -0.289. The summed E-state index contributed by atoms with van der Waals surface area (Å²) in [6.45, 7) is 2.74. The van der Waals surface area contributed by atoms with Crippen molar-refractivity contribution in [2.24, 2.45) is 0 Å². The van der Waals surface area contributed by atoms with Gasteiger partial charge in [-0.1, -0.05) is 6.07 Å². The second-order valence-electron chi connectivity index (χ2n) is 5.41. The number of amides is 1. The molecule has 8 heteroatoms. The second kappa shape index (κ2) is 7.73. The van der Waals surface area contributed by atoms with E-state index in [9.17, 15) is 4.79 Å². The Morgan fingerprint density at radius 3 is 2.69 bits per heavy atom. The van der Waals surface area contributed by atoms with Crippen LogP contribution in [0.15, 0.2) is 36.5 Å². The molecule has 0 radical (unpaired) electrons. The highest BCUT2D eigenvalue weighted by atomic mass is 16.5. The fourth-order valence-corrected chi connectivity index (χ4v) is 2.46. The average molecular weight is 356 g/mol. The largest absolute Gasteiger partial charge is 0.493 e. The molecule has 2 aromatic heterocycles. The second-order valence-corrected chi connectivity index (χ2v) is 5.41. The number of nitrogens with one attached hydrogen (secondary N) is 1. The SMILES string of the molecule is CCOc1ccc2nc(C(=O)NCc3ccc(OC)c(OC)c3)cn2n1. The molecule has 0 aliphatic carbocycles. The van der Waals surface area contributed by atoms with Gasteiger partial charge in [0, 0.05) is 12.6 Å². The third kappa shape index (κ3) is 3.69. The minimum Gasteiger partial charge on any atom is -0.493 e. The van der Waals surface area contributed by atoms with Gasteiger partial charge in [-0.3, -0.25) is 4.79 Å². The highest BCUT2D eigenvalue weighted by Gasteiger charge is 2.12. The topological polar surface area (TPSA) is 87.0 Å². The molecule has 0 saturated heterocycles. The van der Waals surface area contributed by atoms with Crippen molar-refractivity contribution in [1.82, 2.24) is 19.9 Å². The molecule has 0 fully saturated rings.